The Bertz CT molecular complexity index is 997. The number of β-lactam (4-membered cyclic amide) rings is 1. The van der Waals surface area contributed by atoms with Gasteiger partial charge in [-0.1, -0.05) is 60.7 Å². The summed E-state index contributed by atoms with van der Waals surface area (Å²) >= 11 is 0. The Balaban J connectivity index is 1.21. The number of alkyl carbamates (subject to hydrolysis) is 1. The molecule has 166 valence electrons. The predicted octanol–water partition coefficient (Wildman–Crippen LogP) is 2.06. The zero-order valence-corrected chi connectivity index (χ0v) is 17.3. The first-order valence-corrected chi connectivity index (χ1v) is 10.3. The average Bonchev–Trinajstić information content (AvgIpc) is 2.79. The number of carbonyl (C=O) groups is 4. The van der Waals surface area contributed by atoms with Crippen molar-refractivity contribution in [1.29, 1.82) is 0 Å². The summed E-state index contributed by atoms with van der Waals surface area (Å²) < 4.78 is 10.4. The number of hydrogen-bond acceptors (Lipinski definition) is 6. The second kappa shape index (κ2) is 9.51. The number of rotatable bonds is 6. The maximum Gasteiger partial charge on any atom is 0.408 e. The molecule has 2 atom stereocenters. The topological polar surface area (TPSA) is 105 Å². The summed E-state index contributed by atoms with van der Waals surface area (Å²) in [7, 11) is 0. The number of likely N-dealkylation sites (tertiary alicyclic amines) is 2. The Morgan fingerprint density at radius 3 is 2.03 bits per heavy atom. The highest BCUT2D eigenvalue weighted by Gasteiger charge is 2.48. The first-order valence-electron chi connectivity index (χ1n) is 10.3. The largest absolute Gasteiger partial charge is 0.459 e. The number of hydrogen-bond donors (Lipinski definition) is 1. The molecule has 9 nitrogen and oxygen atoms in total. The molecule has 0 saturated carbocycles. The van der Waals surface area contributed by atoms with E-state index >= 15 is 0 Å². The van der Waals surface area contributed by atoms with Crippen molar-refractivity contribution in [2.24, 2.45) is 0 Å². The van der Waals surface area contributed by atoms with Crippen LogP contribution in [-0.2, 0) is 32.3 Å². The van der Waals surface area contributed by atoms with Crippen molar-refractivity contribution in [3.05, 3.63) is 71.8 Å². The number of amides is 4. The third kappa shape index (κ3) is 4.72. The van der Waals surface area contributed by atoms with E-state index in [1.807, 2.05) is 60.7 Å². The quantitative estimate of drug-likeness (QED) is 0.548. The monoisotopic (exact) mass is 437 g/mol. The number of carbonyl (C=O) groups excluding carboxylic acids is 4. The van der Waals surface area contributed by atoms with Crippen LogP contribution in [-0.4, -0.2) is 59.0 Å². The summed E-state index contributed by atoms with van der Waals surface area (Å²) in [5.41, 5.74) is 1.67. The first kappa shape index (κ1) is 21.4. The molecular weight excluding hydrogens is 414 g/mol. The van der Waals surface area contributed by atoms with Crippen LogP contribution in [0.1, 0.15) is 17.5 Å². The van der Waals surface area contributed by atoms with Crippen LogP contribution in [0.2, 0.25) is 0 Å². The normalized spacial score (nSPS) is 19.4. The molecule has 9 heteroatoms. The predicted molar refractivity (Wildman–Crippen MR) is 112 cm³/mol. The lowest BCUT2D eigenvalue weighted by molar-refractivity contribution is -0.156. The minimum atomic E-state index is -0.827. The minimum absolute atomic E-state index is 0.0282. The molecule has 0 radical (unpaired) electrons. The van der Waals surface area contributed by atoms with Crippen molar-refractivity contribution in [1.82, 2.24) is 15.1 Å². The SMILES string of the molecule is O=C(N[C@H]1CN(C(=O)N2CC[C@H]2C(=O)OCc2ccccc2)C1=O)OCc1ccccc1. The molecule has 0 aliphatic carbocycles. The highest BCUT2D eigenvalue weighted by Crippen LogP contribution is 2.24. The van der Waals surface area contributed by atoms with E-state index in [0.717, 1.165) is 16.0 Å². The summed E-state index contributed by atoms with van der Waals surface area (Å²) in [6, 6.07) is 16.3. The second-order valence-corrected chi connectivity index (χ2v) is 7.58. The molecule has 1 N–H and O–H groups in total. The van der Waals surface area contributed by atoms with Gasteiger partial charge in [0.05, 0.1) is 6.54 Å². The number of nitrogens with one attached hydrogen (secondary N) is 1. The first-order chi connectivity index (χ1) is 15.5. The van der Waals surface area contributed by atoms with Crippen molar-refractivity contribution in [2.45, 2.75) is 31.7 Å². The smallest absolute Gasteiger partial charge is 0.408 e. The lowest BCUT2D eigenvalue weighted by Crippen LogP contribution is -2.70. The molecule has 0 spiro atoms. The Labute approximate surface area is 184 Å². The fraction of sp³-hybridized carbons (Fsp3) is 0.304. The van der Waals surface area contributed by atoms with Gasteiger partial charge in [0.1, 0.15) is 25.3 Å². The van der Waals surface area contributed by atoms with E-state index < -0.39 is 36.1 Å². The van der Waals surface area contributed by atoms with E-state index in [4.69, 9.17) is 9.47 Å². The van der Waals surface area contributed by atoms with E-state index in [2.05, 4.69) is 5.32 Å². The summed E-state index contributed by atoms with van der Waals surface area (Å²) in [5.74, 6) is -1.03. The van der Waals surface area contributed by atoms with Crippen molar-refractivity contribution < 1.29 is 28.7 Å². The molecule has 2 heterocycles. The van der Waals surface area contributed by atoms with Crippen molar-refractivity contribution in [3.63, 3.8) is 0 Å². The third-order valence-corrected chi connectivity index (χ3v) is 5.43. The molecule has 2 aliphatic heterocycles. The summed E-state index contributed by atoms with van der Waals surface area (Å²) in [6.07, 6.45) is -0.250. The van der Waals surface area contributed by atoms with Gasteiger partial charge in [-0.15, -0.1) is 0 Å². The van der Waals surface area contributed by atoms with Crippen LogP contribution in [0.5, 0.6) is 0 Å². The Morgan fingerprint density at radius 2 is 1.50 bits per heavy atom. The molecule has 2 aliphatic rings. The van der Waals surface area contributed by atoms with E-state index in [1.165, 1.54) is 4.90 Å². The fourth-order valence-electron chi connectivity index (χ4n) is 3.45. The van der Waals surface area contributed by atoms with Crippen molar-refractivity contribution in [2.75, 3.05) is 13.1 Å². The Morgan fingerprint density at radius 1 is 0.906 bits per heavy atom. The van der Waals surface area contributed by atoms with Crippen LogP contribution >= 0.6 is 0 Å². The highest BCUT2D eigenvalue weighted by atomic mass is 16.5. The summed E-state index contributed by atoms with van der Waals surface area (Å²) in [5, 5.41) is 2.45. The molecule has 4 rings (SSSR count). The van der Waals surface area contributed by atoms with Crippen LogP contribution in [0.25, 0.3) is 0 Å². The minimum Gasteiger partial charge on any atom is -0.459 e. The zero-order chi connectivity index (χ0) is 22.5. The molecular formula is C23H23N3O6. The van der Waals surface area contributed by atoms with Crippen LogP contribution in [0.3, 0.4) is 0 Å². The van der Waals surface area contributed by atoms with Gasteiger partial charge in [-0.2, -0.15) is 0 Å². The lowest BCUT2D eigenvalue weighted by atomic mass is 10.0. The van der Waals surface area contributed by atoms with Crippen LogP contribution in [0.4, 0.5) is 9.59 Å². The van der Waals surface area contributed by atoms with Gasteiger partial charge < -0.3 is 19.7 Å². The van der Waals surface area contributed by atoms with Gasteiger partial charge in [0.2, 0.25) is 0 Å². The molecule has 0 aromatic heterocycles. The van der Waals surface area contributed by atoms with Gasteiger partial charge in [-0.3, -0.25) is 9.69 Å². The van der Waals surface area contributed by atoms with E-state index in [0.29, 0.717) is 13.0 Å². The zero-order valence-electron chi connectivity index (χ0n) is 17.3. The van der Waals surface area contributed by atoms with Crippen LogP contribution < -0.4 is 5.32 Å². The third-order valence-electron chi connectivity index (χ3n) is 5.43. The number of imide groups is 1. The molecule has 0 unspecified atom stereocenters. The molecule has 2 saturated heterocycles. The molecule has 2 fully saturated rings. The lowest BCUT2D eigenvalue weighted by Gasteiger charge is -2.45. The van der Waals surface area contributed by atoms with Gasteiger partial charge in [-0.25, -0.2) is 14.4 Å². The molecule has 32 heavy (non-hydrogen) atoms. The maximum atomic E-state index is 12.6. The van der Waals surface area contributed by atoms with Gasteiger partial charge >= 0.3 is 18.1 Å². The number of esters is 1. The average molecular weight is 437 g/mol. The van der Waals surface area contributed by atoms with Gasteiger partial charge in [0, 0.05) is 6.54 Å². The molecule has 2 aromatic rings. The van der Waals surface area contributed by atoms with Gasteiger partial charge in [0.25, 0.3) is 5.91 Å². The van der Waals surface area contributed by atoms with E-state index in [9.17, 15) is 19.2 Å². The Hall–Kier alpha value is -3.88. The standard InChI is InChI=1S/C23H23N3O6/c27-20-18(24-22(29)32-15-17-9-5-2-6-10-17)13-26(20)23(30)25-12-11-19(25)21(28)31-14-16-7-3-1-4-8-16/h1-10,18-19H,11-15H2,(H,24,29)/t18-,19-/m0/s1. The van der Waals surface area contributed by atoms with Gasteiger partial charge in [-0.05, 0) is 17.5 Å². The van der Waals surface area contributed by atoms with Crippen molar-refractivity contribution in [3.8, 4) is 0 Å². The van der Waals surface area contributed by atoms with E-state index in [1.54, 1.807) is 0 Å². The number of urea groups is 1. The number of ether oxygens (including phenoxy) is 2. The Kier molecular flexibility index (Phi) is 6.34. The van der Waals surface area contributed by atoms with Gasteiger partial charge in [0.15, 0.2) is 0 Å². The van der Waals surface area contributed by atoms with E-state index in [-0.39, 0.29) is 19.8 Å². The molecule has 0 bridgehead atoms. The second-order valence-electron chi connectivity index (χ2n) is 7.58. The molecule has 2 aromatic carbocycles. The number of benzene rings is 2. The van der Waals surface area contributed by atoms with Crippen molar-refractivity contribution >= 4 is 24.0 Å². The van der Waals surface area contributed by atoms with Crippen LogP contribution in [0, 0.1) is 0 Å². The summed E-state index contributed by atoms with van der Waals surface area (Å²) in [6.45, 7) is 0.597. The number of nitrogens with zero attached hydrogens (tertiary/aromatic N) is 2. The highest BCUT2D eigenvalue weighted by molar-refractivity contribution is 6.04. The maximum absolute atomic E-state index is 12.6. The summed E-state index contributed by atoms with van der Waals surface area (Å²) in [4.78, 5) is 51.5. The van der Waals surface area contributed by atoms with Crippen LogP contribution in [0.15, 0.2) is 60.7 Å². The fourth-order valence-corrected chi connectivity index (χ4v) is 3.45. The molecule has 4 amide bonds.